The molecule has 0 aliphatic rings. The number of carbonyl (C=O) groups excluding carboxylic acids is 1. The molecular formula is C6H12O9S. The molecule has 9 nitrogen and oxygen atoms in total. The maximum Gasteiger partial charge on any atom is 0.305 e. The van der Waals surface area contributed by atoms with Crippen molar-refractivity contribution in [1.29, 1.82) is 0 Å². The minimum Gasteiger partial charge on any atom is -0.394 e. The number of hydrogen-bond acceptors (Lipinski definition) is 8. The van der Waals surface area contributed by atoms with Crippen molar-refractivity contribution in [3.63, 3.8) is 0 Å². The van der Waals surface area contributed by atoms with Crippen molar-refractivity contribution < 1.29 is 43.3 Å². The van der Waals surface area contributed by atoms with Crippen molar-refractivity contribution in [1.82, 2.24) is 0 Å². The molecule has 0 aliphatic heterocycles. The quantitative estimate of drug-likeness (QED) is 0.204. The summed E-state index contributed by atoms with van der Waals surface area (Å²) in [5.41, 5.74) is 0. The largest absolute Gasteiger partial charge is 0.394 e. The first-order valence-corrected chi connectivity index (χ1v) is 5.36. The number of aliphatic hydroxyl groups is 5. The first-order valence-electron chi connectivity index (χ1n) is 3.92. The third kappa shape index (κ3) is 2.74. The zero-order valence-electron chi connectivity index (χ0n) is 7.83. The molecule has 0 saturated heterocycles. The number of carbonyl (C=O) groups is 1. The molecule has 0 bridgehead atoms. The Morgan fingerprint density at radius 3 is 1.94 bits per heavy atom. The van der Waals surface area contributed by atoms with Crippen LogP contribution in [0.4, 0.5) is 0 Å². The van der Waals surface area contributed by atoms with E-state index in [1.165, 1.54) is 0 Å². The normalized spacial score (nSPS) is 21.9. The van der Waals surface area contributed by atoms with Crippen molar-refractivity contribution in [2.24, 2.45) is 0 Å². The molecular weight excluding hydrogens is 248 g/mol. The van der Waals surface area contributed by atoms with Crippen LogP contribution in [0.25, 0.3) is 0 Å². The summed E-state index contributed by atoms with van der Waals surface area (Å²) in [5, 5.41) is 44.6. The molecule has 0 saturated carbocycles. The van der Waals surface area contributed by atoms with Crippen LogP contribution in [0.2, 0.25) is 0 Å². The summed E-state index contributed by atoms with van der Waals surface area (Å²) in [6.07, 6.45) is -7.77. The standard InChI is InChI=1S/C6H12O9S/c7-1-3(9)4(10)5(11)6(12,2-8)16(13,14)15/h2-5,7,9-12H,1H2,(H,13,14,15)/t3-,4-,5+,6+/m1/s1. The van der Waals surface area contributed by atoms with E-state index in [0.717, 1.165) is 0 Å². The highest BCUT2D eigenvalue weighted by molar-refractivity contribution is 7.87. The minimum atomic E-state index is -5.42. The molecule has 16 heavy (non-hydrogen) atoms. The fourth-order valence-electron chi connectivity index (χ4n) is 0.846. The van der Waals surface area contributed by atoms with Gasteiger partial charge in [-0.25, -0.2) is 0 Å². The number of rotatable bonds is 6. The van der Waals surface area contributed by atoms with E-state index in [1.54, 1.807) is 0 Å². The predicted octanol–water partition coefficient (Wildman–Crippen LogP) is -4.16. The van der Waals surface area contributed by atoms with Gasteiger partial charge < -0.3 is 25.5 Å². The van der Waals surface area contributed by atoms with Crippen molar-refractivity contribution in [3.05, 3.63) is 0 Å². The third-order valence-corrected chi connectivity index (χ3v) is 3.07. The Labute approximate surface area is 90.3 Å². The Morgan fingerprint density at radius 2 is 1.69 bits per heavy atom. The summed E-state index contributed by atoms with van der Waals surface area (Å²) in [6, 6.07) is 0. The van der Waals surface area contributed by atoms with Gasteiger partial charge in [-0.2, -0.15) is 8.42 Å². The van der Waals surface area contributed by atoms with Gasteiger partial charge in [-0.15, -0.1) is 0 Å². The second-order valence-corrected chi connectivity index (χ2v) is 4.63. The lowest BCUT2D eigenvalue weighted by Crippen LogP contribution is -2.58. The van der Waals surface area contributed by atoms with E-state index in [1.807, 2.05) is 0 Å². The minimum absolute atomic E-state index is 0.708. The molecule has 0 heterocycles. The second-order valence-electron chi connectivity index (χ2n) is 3.03. The van der Waals surface area contributed by atoms with Crippen molar-refractivity contribution in [2.45, 2.75) is 23.2 Å². The van der Waals surface area contributed by atoms with Crippen LogP contribution in [-0.2, 0) is 14.9 Å². The molecule has 0 aromatic heterocycles. The van der Waals surface area contributed by atoms with E-state index < -0.39 is 46.3 Å². The van der Waals surface area contributed by atoms with E-state index in [2.05, 4.69) is 0 Å². The van der Waals surface area contributed by atoms with Crippen LogP contribution in [0.5, 0.6) is 0 Å². The highest BCUT2D eigenvalue weighted by atomic mass is 32.2. The average molecular weight is 260 g/mol. The van der Waals surface area contributed by atoms with Gasteiger partial charge in [0.05, 0.1) is 6.61 Å². The lowest BCUT2D eigenvalue weighted by Gasteiger charge is -2.29. The monoisotopic (exact) mass is 260 g/mol. The maximum atomic E-state index is 10.6. The number of aldehydes is 1. The second kappa shape index (κ2) is 5.14. The molecule has 0 unspecified atom stereocenters. The van der Waals surface area contributed by atoms with Crippen LogP contribution in [0, 0.1) is 0 Å². The first kappa shape index (κ1) is 15.4. The van der Waals surface area contributed by atoms with E-state index in [9.17, 15) is 13.2 Å². The molecule has 0 aromatic rings. The number of aliphatic hydroxyl groups excluding tert-OH is 4. The van der Waals surface area contributed by atoms with Crippen LogP contribution in [0.15, 0.2) is 0 Å². The first-order chi connectivity index (χ1) is 7.11. The zero-order chi connectivity index (χ0) is 13.1. The van der Waals surface area contributed by atoms with Gasteiger partial charge in [-0.3, -0.25) is 9.35 Å². The van der Waals surface area contributed by atoms with E-state index in [4.69, 9.17) is 30.1 Å². The summed E-state index contributed by atoms with van der Waals surface area (Å²) < 4.78 is 29.7. The van der Waals surface area contributed by atoms with Gasteiger partial charge in [-0.1, -0.05) is 0 Å². The highest BCUT2D eigenvalue weighted by Crippen LogP contribution is 2.19. The lowest BCUT2D eigenvalue weighted by molar-refractivity contribution is -0.146. The van der Waals surface area contributed by atoms with Gasteiger partial charge in [0, 0.05) is 0 Å². The van der Waals surface area contributed by atoms with Crippen LogP contribution in [-0.4, -0.2) is 74.6 Å². The highest BCUT2D eigenvalue weighted by Gasteiger charge is 2.52. The average Bonchev–Trinajstić information content (AvgIpc) is 2.22. The van der Waals surface area contributed by atoms with E-state index >= 15 is 0 Å². The maximum absolute atomic E-state index is 10.6. The fraction of sp³-hybridized carbons (Fsp3) is 0.833. The summed E-state index contributed by atoms with van der Waals surface area (Å²) in [6.45, 7) is -1.06. The molecule has 0 aliphatic carbocycles. The molecule has 0 aromatic carbocycles. The van der Waals surface area contributed by atoms with Crippen molar-refractivity contribution >= 4 is 16.4 Å². The molecule has 4 atom stereocenters. The van der Waals surface area contributed by atoms with Crippen molar-refractivity contribution in [2.75, 3.05) is 6.61 Å². The Bertz CT molecular complexity index is 338. The molecule has 10 heteroatoms. The summed E-state index contributed by atoms with van der Waals surface area (Å²) in [4.78, 5) is 6.65. The Hall–Kier alpha value is -0.620. The molecule has 0 spiro atoms. The molecule has 96 valence electrons. The van der Waals surface area contributed by atoms with Crippen LogP contribution in [0.1, 0.15) is 0 Å². The van der Waals surface area contributed by atoms with Gasteiger partial charge in [0.1, 0.15) is 18.3 Å². The topological polar surface area (TPSA) is 173 Å². The third-order valence-electron chi connectivity index (χ3n) is 1.91. The van der Waals surface area contributed by atoms with Gasteiger partial charge >= 0.3 is 10.1 Å². The van der Waals surface area contributed by atoms with Gasteiger partial charge in [-0.05, 0) is 0 Å². The summed E-state index contributed by atoms with van der Waals surface area (Å²) in [7, 11) is -5.42. The molecule has 6 N–H and O–H groups in total. The molecule has 0 rings (SSSR count). The molecule has 0 fully saturated rings. The van der Waals surface area contributed by atoms with Crippen LogP contribution < -0.4 is 0 Å². The SMILES string of the molecule is O=C[C@@](O)([C@@H](O)[C@H](O)[C@H](O)CO)S(=O)(=O)O. The summed E-state index contributed by atoms with van der Waals surface area (Å²) >= 11 is 0. The van der Waals surface area contributed by atoms with Crippen LogP contribution >= 0.6 is 0 Å². The Balaban J connectivity index is 5.22. The summed E-state index contributed by atoms with van der Waals surface area (Å²) in [5.74, 6) is 0. The number of hydrogen-bond donors (Lipinski definition) is 6. The Morgan fingerprint density at radius 1 is 1.25 bits per heavy atom. The van der Waals surface area contributed by atoms with Gasteiger partial charge in [0.2, 0.25) is 0 Å². The van der Waals surface area contributed by atoms with Crippen molar-refractivity contribution in [3.8, 4) is 0 Å². The predicted molar refractivity (Wildman–Crippen MR) is 47.7 cm³/mol. The van der Waals surface area contributed by atoms with E-state index in [0.29, 0.717) is 0 Å². The Kier molecular flexibility index (Phi) is 4.94. The smallest absolute Gasteiger partial charge is 0.305 e. The zero-order valence-corrected chi connectivity index (χ0v) is 8.65. The van der Waals surface area contributed by atoms with Gasteiger partial charge in [0.25, 0.3) is 4.93 Å². The van der Waals surface area contributed by atoms with Crippen LogP contribution in [0.3, 0.4) is 0 Å². The fourth-order valence-corrected chi connectivity index (χ4v) is 1.41. The molecule has 0 radical (unpaired) electrons. The van der Waals surface area contributed by atoms with E-state index in [-0.39, 0.29) is 0 Å². The molecule has 0 amide bonds. The lowest BCUT2D eigenvalue weighted by atomic mass is 10.0. The van der Waals surface area contributed by atoms with Gasteiger partial charge in [0.15, 0.2) is 6.29 Å².